The lowest BCUT2D eigenvalue weighted by Crippen LogP contribution is -2.57. The Morgan fingerprint density at radius 2 is 2.05 bits per heavy atom. The third-order valence-corrected chi connectivity index (χ3v) is 5.22. The molecule has 0 aromatic heterocycles. The van der Waals surface area contributed by atoms with Crippen molar-refractivity contribution in [2.75, 3.05) is 13.1 Å². The monoisotopic (exact) mass is 261 g/mol. The topological polar surface area (TPSA) is 56.1 Å². The Morgan fingerprint density at radius 1 is 1.21 bits per heavy atom. The van der Waals surface area contributed by atoms with Crippen LogP contribution in [0.15, 0.2) is 0 Å². The van der Waals surface area contributed by atoms with Gasteiger partial charge >= 0.3 is 0 Å². The highest BCUT2D eigenvalue weighted by Crippen LogP contribution is 2.33. The minimum atomic E-state index is 0.224. The first-order valence-corrected chi connectivity index (χ1v) is 7.71. The van der Waals surface area contributed by atoms with Crippen molar-refractivity contribution >= 4 is 5.91 Å². The molecule has 4 atom stereocenters. The average molecular weight is 261 g/mol. The average Bonchev–Trinajstić information content (AvgIpc) is 2.46. The van der Waals surface area contributed by atoms with Gasteiger partial charge in [0.15, 0.2) is 0 Å². The van der Waals surface area contributed by atoms with Crippen molar-refractivity contribution in [2.24, 2.45) is 11.8 Å². The van der Waals surface area contributed by atoms with E-state index in [1.54, 1.807) is 0 Å². The van der Waals surface area contributed by atoms with Crippen molar-refractivity contribution in [1.29, 1.82) is 5.26 Å². The third kappa shape index (κ3) is 2.62. The molecular formula is C15H23N3O. The van der Waals surface area contributed by atoms with Gasteiger partial charge in [-0.2, -0.15) is 5.26 Å². The fraction of sp³-hybridized carbons (Fsp3) is 0.867. The zero-order valence-electron chi connectivity index (χ0n) is 11.5. The summed E-state index contributed by atoms with van der Waals surface area (Å²) < 4.78 is 0. The third-order valence-electron chi connectivity index (χ3n) is 5.22. The molecule has 0 aromatic rings. The van der Waals surface area contributed by atoms with Gasteiger partial charge in [0.2, 0.25) is 5.91 Å². The van der Waals surface area contributed by atoms with E-state index in [9.17, 15) is 10.1 Å². The fourth-order valence-corrected chi connectivity index (χ4v) is 4.14. The van der Waals surface area contributed by atoms with Gasteiger partial charge in [0.25, 0.3) is 0 Å². The van der Waals surface area contributed by atoms with Crippen LogP contribution in [-0.2, 0) is 4.79 Å². The summed E-state index contributed by atoms with van der Waals surface area (Å²) in [5.41, 5.74) is 0. The molecule has 0 bridgehead atoms. The summed E-state index contributed by atoms with van der Waals surface area (Å²) in [4.78, 5) is 14.0. The Labute approximate surface area is 115 Å². The number of amides is 1. The maximum Gasteiger partial charge on any atom is 0.220 e. The summed E-state index contributed by atoms with van der Waals surface area (Å²) in [6.07, 6.45) is 7.50. The molecule has 2 heterocycles. The number of piperidine rings is 2. The predicted octanol–water partition coefficient (Wildman–Crippen LogP) is 1.67. The molecule has 2 aliphatic heterocycles. The number of hydrogen-bond donors (Lipinski definition) is 1. The van der Waals surface area contributed by atoms with Gasteiger partial charge in [-0.05, 0) is 31.6 Å². The van der Waals surface area contributed by atoms with Crippen LogP contribution in [0.5, 0.6) is 0 Å². The molecule has 4 nitrogen and oxygen atoms in total. The van der Waals surface area contributed by atoms with Gasteiger partial charge < -0.3 is 5.32 Å². The van der Waals surface area contributed by atoms with Gasteiger partial charge in [0.05, 0.1) is 12.0 Å². The van der Waals surface area contributed by atoms with E-state index in [0.717, 1.165) is 32.4 Å². The molecule has 1 N–H and O–H groups in total. The fourth-order valence-electron chi connectivity index (χ4n) is 4.14. The Hall–Kier alpha value is -1.08. The number of carbonyl (C=O) groups is 1. The number of nitrogens with zero attached hydrogens (tertiary/aromatic N) is 2. The Bertz CT molecular complexity index is 389. The highest BCUT2D eigenvalue weighted by molar-refractivity contribution is 5.77. The summed E-state index contributed by atoms with van der Waals surface area (Å²) in [7, 11) is 0. The van der Waals surface area contributed by atoms with Crippen LogP contribution in [0.1, 0.15) is 44.9 Å². The zero-order valence-corrected chi connectivity index (χ0v) is 11.5. The van der Waals surface area contributed by atoms with Gasteiger partial charge in [-0.15, -0.1) is 0 Å². The van der Waals surface area contributed by atoms with Gasteiger partial charge in [0, 0.05) is 31.6 Å². The van der Waals surface area contributed by atoms with Crippen molar-refractivity contribution in [1.82, 2.24) is 10.2 Å². The van der Waals surface area contributed by atoms with E-state index in [-0.39, 0.29) is 11.8 Å². The zero-order chi connectivity index (χ0) is 13.2. The molecule has 0 aromatic carbocycles. The number of nitrogens with one attached hydrogen (secondary N) is 1. The number of nitriles is 1. The van der Waals surface area contributed by atoms with E-state index in [1.165, 1.54) is 19.3 Å². The number of hydrogen-bond acceptors (Lipinski definition) is 3. The van der Waals surface area contributed by atoms with Gasteiger partial charge in [-0.1, -0.05) is 12.8 Å². The summed E-state index contributed by atoms with van der Waals surface area (Å²) in [6.45, 7) is 2.12. The second-order valence-corrected chi connectivity index (χ2v) is 6.34. The van der Waals surface area contributed by atoms with Crippen LogP contribution in [0.4, 0.5) is 0 Å². The van der Waals surface area contributed by atoms with Crippen LogP contribution in [0.3, 0.4) is 0 Å². The molecule has 1 aliphatic carbocycles. The molecule has 4 unspecified atom stereocenters. The van der Waals surface area contributed by atoms with E-state index >= 15 is 0 Å². The standard InChI is InChI=1S/C15H23N3O/c16-9-11-3-1-2-4-14(11)18-8-7-13-12(10-18)5-6-15(19)17-13/h11-14H,1-8,10H2,(H,17,19). The normalized spacial score (nSPS) is 40.1. The Morgan fingerprint density at radius 3 is 2.89 bits per heavy atom. The van der Waals surface area contributed by atoms with E-state index in [1.807, 2.05) is 0 Å². The van der Waals surface area contributed by atoms with Crippen LogP contribution in [0.25, 0.3) is 0 Å². The molecule has 1 amide bonds. The first-order valence-electron chi connectivity index (χ1n) is 7.71. The van der Waals surface area contributed by atoms with Crippen molar-refractivity contribution in [3.05, 3.63) is 0 Å². The van der Waals surface area contributed by atoms with Crippen LogP contribution in [0, 0.1) is 23.2 Å². The van der Waals surface area contributed by atoms with Crippen LogP contribution in [0.2, 0.25) is 0 Å². The minimum absolute atomic E-state index is 0.224. The molecular weight excluding hydrogens is 238 g/mol. The van der Waals surface area contributed by atoms with Crippen molar-refractivity contribution in [3.8, 4) is 6.07 Å². The molecule has 0 spiro atoms. The van der Waals surface area contributed by atoms with Crippen LogP contribution in [-0.4, -0.2) is 36.0 Å². The summed E-state index contributed by atoms with van der Waals surface area (Å²) >= 11 is 0. The van der Waals surface area contributed by atoms with Crippen LogP contribution < -0.4 is 5.32 Å². The largest absolute Gasteiger partial charge is 0.353 e. The van der Waals surface area contributed by atoms with Crippen LogP contribution >= 0.6 is 0 Å². The molecule has 4 heteroatoms. The lowest BCUT2D eigenvalue weighted by Gasteiger charge is -2.46. The lowest BCUT2D eigenvalue weighted by molar-refractivity contribution is -0.125. The Kier molecular flexibility index (Phi) is 3.74. The molecule has 1 saturated carbocycles. The van der Waals surface area contributed by atoms with E-state index in [2.05, 4.69) is 16.3 Å². The summed E-state index contributed by atoms with van der Waals surface area (Å²) in [6, 6.07) is 3.38. The first-order chi connectivity index (χ1) is 9.28. The van der Waals surface area contributed by atoms with Crippen molar-refractivity contribution < 1.29 is 4.79 Å². The summed E-state index contributed by atoms with van der Waals surface area (Å²) in [5.74, 6) is 1.05. The molecule has 19 heavy (non-hydrogen) atoms. The second kappa shape index (κ2) is 5.50. The SMILES string of the molecule is N#CC1CCCCC1N1CCC2NC(=O)CCC2C1. The number of carbonyl (C=O) groups excluding carboxylic acids is 1. The highest BCUT2D eigenvalue weighted by Gasteiger charge is 2.38. The number of rotatable bonds is 1. The second-order valence-electron chi connectivity index (χ2n) is 6.34. The maximum absolute atomic E-state index is 11.4. The molecule has 0 radical (unpaired) electrons. The van der Waals surface area contributed by atoms with E-state index in [0.29, 0.717) is 24.4 Å². The van der Waals surface area contributed by atoms with Gasteiger partial charge in [-0.3, -0.25) is 9.69 Å². The molecule has 3 aliphatic rings. The minimum Gasteiger partial charge on any atom is -0.353 e. The lowest BCUT2D eigenvalue weighted by atomic mass is 9.80. The number of fused-ring (bicyclic) bond motifs is 1. The highest BCUT2D eigenvalue weighted by atomic mass is 16.1. The predicted molar refractivity (Wildman–Crippen MR) is 72.2 cm³/mol. The molecule has 2 saturated heterocycles. The molecule has 3 rings (SSSR count). The quantitative estimate of drug-likeness (QED) is 0.781. The smallest absolute Gasteiger partial charge is 0.220 e. The van der Waals surface area contributed by atoms with Crippen molar-refractivity contribution in [3.63, 3.8) is 0 Å². The van der Waals surface area contributed by atoms with Gasteiger partial charge in [-0.25, -0.2) is 0 Å². The summed E-state index contributed by atoms with van der Waals surface area (Å²) in [5, 5.41) is 12.5. The molecule has 104 valence electrons. The van der Waals surface area contributed by atoms with E-state index in [4.69, 9.17) is 0 Å². The first kappa shape index (κ1) is 12.9. The van der Waals surface area contributed by atoms with Gasteiger partial charge in [0.1, 0.15) is 0 Å². The Balaban J connectivity index is 1.64. The van der Waals surface area contributed by atoms with Crippen molar-refractivity contribution in [2.45, 2.75) is 57.0 Å². The molecule has 3 fully saturated rings. The number of likely N-dealkylation sites (tertiary alicyclic amines) is 1. The maximum atomic E-state index is 11.4. The van der Waals surface area contributed by atoms with E-state index < -0.39 is 0 Å².